The van der Waals surface area contributed by atoms with Crippen molar-refractivity contribution in [3.05, 3.63) is 23.8 Å². The summed E-state index contributed by atoms with van der Waals surface area (Å²) in [7, 11) is 1.24. The largest absolute Gasteiger partial charge is 0.414 e. The van der Waals surface area contributed by atoms with Crippen LogP contribution in [0.4, 0.5) is 0 Å². The van der Waals surface area contributed by atoms with E-state index in [1.165, 1.54) is 5.57 Å². The summed E-state index contributed by atoms with van der Waals surface area (Å²) in [5.74, 6) is 1.46. The van der Waals surface area contributed by atoms with Crippen molar-refractivity contribution in [1.82, 2.24) is 0 Å². The van der Waals surface area contributed by atoms with Crippen LogP contribution in [-0.2, 0) is 23.4 Å². The fraction of sp³-hybridized carbons (Fsp3) is 0.767. The van der Waals surface area contributed by atoms with Crippen LogP contribution in [0.25, 0.3) is 0 Å². The van der Waals surface area contributed by atoms with Gasteiger partial charge in [-0.25, -0.2) is 0 Å². The number of rotatable bonds is 10. The zero-order valence-corrected chi connectivity index (χ0v) is 28.3. The Balaban J connectivity index is 1.81. The molecule has 0 saturated heterocycles. The summed E-state index contributed by atoms with van der Waals surface area (Å²) in [6.45, 7) is 16.5. The van der Waals surface area contributed by atoms with Gasteiger partial charge in [-0.05, 0) is 101 Å². The van der Waals surface area contributed by atoms with E-state index in [4.69, 9.17) is 23.4 Å². The van der Waals surface area contributed by atoms with Crippen LogP contribution >= 0.6 is 0 Å². The first-order valence-corrected chi connectivity index (χ1v) is 21.6. The summed E-state index contributed by atoms with van der Waals surface area (Å²) >= 11 is 0. The van der Waals surface area contributed by atoms with Crippen molar-refractivity contribution in [3.63, 3.8) is 0 Å². The van der Waals surface area contributed by atoms with Gasteiger partial charge >= 0.3 is 0 Å². The second-order valence-corrected chi connectivity index (χ2v) is 23.1. The summed E-state index contributed by atoms with van der Waals surface area (Å²) in [5.41, 5.74) is 2.99. The minimum absolute atomic E-state index is 0.0813. The van der Waals surface area contributed by atoms with E-state index < -0.39 is 16.6 Å². The smallest absolute Gasteiger partial charge is 0.184 e. The lowest BCUT2D eigenvalue weighted by Gasteiger charge is -2.60. The molecule has 0 aliphatic heterocycles. The van der Waals surface area contributed by atoms with Crippen LogP contribution in [0.5, 0.6) is 0 Å². The fourth-order valence-corrected chi connectivity index (χ4v) is 9.91. The summed E-state index contributed by atoms with van der Waals surface area (Å²) in [5, 5.41) is 13.3. The van der Waals surface area contributed by atoms with Crippen molar-refractivity contribution >= 4 is 34.3 Å². The quantitative estimate of drug-likeness (QED) is 0.162. The number of hydrogen-bond acceptors (Lipinski definition) is 8. The molecule has 4 aliphatic rings. The molecule has 0 radical (unpaired) electrons. The van der Waals surface area contributed by atoms with Crippen LogP contribution in [0.1, 0.15) is 39.0 Å². The van der Waals surface area contributed by atoms with Gasteiger partial charge in [0.25, 0.3) is 0 Å². The first-order valence-electron chi connectivity index (χ1n) is 14.8. The van der Waals surface area contributed by atoms with Gasteiger partial charge in [0.2, 0.25) is 0 Å². The molecule has 3 fully saturated rings. The molecule has 8 nitrogen and oxygen atoms in total. The van der Waals surface area contributed by atoms with Gasteiger partial charge in [0.05, 0.1) is 24.6 Å². The molecular weight excluding hydrogens is 539 g/mol. The third-order valence-electron chi connectivity index (χ3n) is 9.46. The van der Waals surface area contributed by atoms with Crippen LogP contribution in [0, 0.1) is 34.5 Å². The molecule has 10 heteroatoms. The maximum atomic E-state index is 7.18. The molecule has 0 amide bonds. The molecule has 40 heavy (non-hydrogen) atoms. The Morgan fingerprint density at radius 1 is 1.00 bits per heavy atom. The molecule has 0 heterocycles. The van der Waals surface area contributed by atoms with E-state index in [2.05, 4.69) is 86.1 Å². The summed E-state index contributed by atoms with van der Waals surface area (Å²) in [4.78, 5) is 15.9. The highest BCUT2D eigenvalue weighted by Gasteiger charge is 2.64. The minimum atomic E-state index is -1.89. The topological polar surface area (TPSA) is 83.2 Å². The molecule has 4 rings (SSSR count). The van der Waals surface area contributed by atoms with E-state index >= 15 is 0 Å². The Morgan fingerprint density at radius 3 is 2.38 bits per heavy atom. The van der Waals surface area contributed by atoms with Crippen LogP contribution in [0.15, 0.2) is 39.3 Å². The number of allylic oxidation sites excluding steroid dienone is 4. The van der Waals surface area contributed by atoms with Crippen LogP contribution in [-0.4, -0.2) is 68.3 Å². The normalized spacial score (nSPS) is 37.1. The van der Waals surface area contributed by atoms with Gasteiger partial charge in [-0.3, -0.25) is 0 Å². The maximum absolute atomic E-state index is 7.18. The van der Waals surface area contributed by atoms with Crippen molar-refractivity contribution in [1.29, 1.82) is 0 Å². The average molecular weight is 590 g/mol. The Morgan fingerprint density at radius 2 is 1.75 bits per heavy atom. The lowest BCUT2D eigenvalue weighted by Crippen LogP contribution is -2.60. The third-order valence-corrected chi connectivity index (χ3v) is 11.5. The van der Waals surface area contributed by atoms with E-state index in [1.807, 2.05) is 0 Å². The van der Waals surface area contributed by atoms with Crippen molar-refractivity contribution < 1.29 is 23.4 Å². The Hall–Kier alpha value is -1.76. The fourth-order valence-electron chi connectivity index (χ4n) is 8.19. The first kappa shape index (κ1) is 31.2. The number of nitrogens with zero attached hydrogens (tertiary/aromatic N) is 3. The van der Waals surface area contributed by atoms with Gasteiger partial charge in [-0.2, -0.15) is 0 Å². The predicted molar refractivity (Wildman–Crippen MR) is 167 cm³/mol. The highest BCUT2D eigenvalue weighted by Crippen LogP contribution is 2.66. The summed E-state index contributed by atoms with van der Waals surface area (Å²) < 4.78 is 13.6. The van der Waals surface area contributed by atoms with Crippen LogP contribution < -0.4 is 0 Å². The highest BCUT2D eigenvalue weighted by atomic mass is 28.4. The van der Waals surface area contributed by atoms with E-state index in [9.17, 15) is 0 Å². The zero-order valence-electron chi connectivity index (χ0n) is 26.3. The zero-order chi connectivity index (χ0) is 29.3. The lowest BCUT2D eigenvalue weighted by atomic mass is 9.46. The van der Waals surface area contributed by atoms with Crippen molar-refractivity contribution in [2.75, 3.05) is 27.9 Å². The second-order valence-electron chi connectivity index (χ2n) is 14.1. The van der Waals surface area contributed by atoms with Gasteiger partial charge in [0, 0.05) is 16.7 Å². The maximum Gasteiger partial charge on any atom is 0.184 e. The number of hydrogen-bond donors (Lipinski definition) is 0. The molecule has 0 spiro atoms. The van der Waals surface area contributed by atoms with Gasteiger partial charge in [-0.15, -0.1) is 0 Å². The van der Waals surface area contributed by atoms with E-state index in [0.29, 0.717) is 24.4 Å². The van der Waals surface area contributed by atoms with Crippen molar-refractivity contribution in [3.8, 4) is 0 Å². The lowest BCUT2D eigenvalue weighted by molar-refractivity contribution is -0.0834. The molecule has 3 saturated carbocycles. The first-order chi connectivity index (χ1) is 18.8. The van der Waals surface area contributed by atoms with Gasteiger partial charge in [0.15, 0.2) is 16.6 Å². The third kappa shape index (κ3) is 6.20. The molecule has 0 N–H and O–H groups in total. The molecule has 224 valence electrons. The molecule has 0 aromatic heterocycles. The monoisotopic (exact) mass is 589 g/mol. The van der Waals surface area contributed by atoms with Crippen LogP contribution in [0.2, 0.25) is 39.3 Å². The Labute approximate surface area is 243 Å². The second kappa shape index (κ2) is 11.9. The summed E-state index contributed by atoms with van der Waals surface area (Å²) in [6, 6.07) is 0. The predicted octanol–water partition coefficient (Wildman–Crippen LogP) is 6.64. The number of oxime groups is 3. The van der Waals surface area contributed by atoms with Gasteiger partial charge in [0.1, 0.15) is 27.0 Å². The Bertz CT molecular complexity index is 1080. The molecule has 0 aromatic rings. The molecular formula is C30H51N3O5Si2. The van der Waals surface area contributed by atoms with Crippen molar-refractivity contribution in [2.45, 2.75) is 84.4 Å². The molecule has 7 atom stereocenters. The molecule has 7 unspecified atom stereocenters. The highest BCUT2D eigenvalue weighted by molar-refractivity contribution is 6.70. The van der Waals surface area contributed by atoms with E-state index in [-0.39, 0.29) is 22.9 Å². The van der Waals surface area contributed by atoms with Crippen molar-refractivity contribution in [2.24, 2.45) is 50.0 Å². The number of fused-ring (bicyclic) bond motifs is 5. The van der Waals surface area contributed by atoms with Gasteiger partial charge < -0.3 is 23.4 Å². The minimum Gasteiger partial charge on any atom is -0.414 e. The molecule has 4 aliphatic carbocycles. The molecule has 0 bridgehead atoms. The van der Waals surface area contributed by atoms with Crippen LogP contribution in [0.3, 0.4) is 0 Å². The van der Waals surface area contributed by atoms with E-state index in [1.54, 1.807) is 21.3 Å². The Kier molecular flexibility index (Phi) is 9.24. The molecule has 0 aromatic carbocycles. The summed E-state index contributed by atoms with van der Waals surface area (Å²) in [6.07, 6.45) is 14.1. The van der Waals surface area contributed by atoms with Gasteiger partial charge in [-0.1, -0.05) is 34.0 Å². The standard InChI is InChI=1S/C30H51N3O5Si2/c1-29-16-15-22(32-35-3)17-21(29)11-12-23-24-13-14-25(26(33-36-4)19-37-39(5,6)7)30(24,20-31-34-2)18-27(28(23)29)38-40(8,9)10/h15-17,20,23-25,27-28H,11-14,18-19H2,1-10H3. The SMILES string of the molecule is CON=CC12CC(O[Si](C)(C)C)C3C(CCC4=CC(=NOC)C=CC43C)C1CCC2C(CO[Si](C)(C)C)=NOC. The average Bonchev–Trinajstić information content (AvgIpc) is 3.23. The van der Waals surface area contributed by atoms with E-state index in [0.717, 1.165) is 43.5 Å².